The van der Waals surface area contributed by atoms with Crippen LogP contribution in [0, 0.1) is 0 Å². The van der Waals surface area contributed by atoms with Crippen LogP contribution in [0.25, 0.3) is 0 Å². The zero-order valence-corrected chi connectivity index (χ0v) is 16.3. The SMILES string of the molecule is CCOc1c(Br)cc(C(=O)OCC(=O)c2ccc3c(c2)OCO3)cc1OC. The molecule has 8 heteroatoms. The van der Waals surface area contributed by atoms with Gasteiger partial charge in [0.15, 0.2) is 35.4 Å². The van der Waals surface area contributed by atoms with Gasteiger partial charge in [-0.2, -0.15) is 0 Å². The summed E-state index contributed by atoms with van der Waals surface area (Å²) in [6, 6.07) is 7.87. The Kier molecular flexibility index (Phi) is 5.85. The van der Waals surface area contributed by atoms with Crippen molar-refractivity contribution in [3.05, 3.63) is 45.9 Å². The first-order chi connectivity index (χ1) is 13.0. The molecule has 0 N–H and O–H groups in total. The molecule has 7 nitrogen and oxygen atoms in total. The topological polar surface area (TPSA) is 80.3 Å². The molecule has 0 bridgehead atoms. The minimum absolute atomic E-state index is 0.121. The maximum atomic E-state index is 12.3. The lowest BCUT2D eigenvalue weighted by atomic mass is 10.1. The standard InChI is InChI=1S/C19H17BrO7/c1-3-24-18-13(20)6-12(8-17(18)23-2)19(22)25-9-14(21)11-4-5-15-16(7-11)27-10-26-15/h4-8H,3,9-10H2,1-2H3. The highest BCUT2D eigenvalue weighted by molar-refractivity contribution is 9.10. The van der Waals surface area contributed by atoms with Crippen LogP contribution in [0.15, 0.2) is 34.8 Å². The summed E-state index contributed by atoms with van der Waals surface area (Å²) in [7, 11) is 1.47. The molecular weight excluding hydrogens is 420 g/mol. The molecule has 1 aliphatic heterocycles. The lowest BCUT2D eigenvalue weighted by molar-refractivity contribution is 0.0474. The first kappa shape index (κ1) is 19.0. The Morgan fingerprint density at radius 2 is 1.89 bits per heavy atom. The zero-order valence-electron chi connectivity index (χ0n) is 14.7. The predicted molar refractivity (Wildman–Crippen MR) is 99.0 cm³/mol. The first-order valence-electron chi connectivity index (χ1n) is 8.13. The smallest absolute Gasteiger partial charge is 0.338 e. The Balaban J connectivity index is 1.68. The minimum Gasteiger partial charge on any atom is -0.493 e. The fraction of sp³-hybridized carbons (Fsp3) is 0.263. The molecule has 0 atom stereocenters. The average Bonchev–Trinajstić information content (AvgIpc) is 3.15. The van der Waals surface area contributed by atoms with Gasteiger partial charge in [-0.25, -0.2) is 4.79 Å². The average molecular weight is 437 g/mol. The molecule has 0 amide bonds. The van der Waals surface area contributed by atoms with E-state index in [1.807, 2.05) is 6.92 Å². The Hall–Kier alpha value is -2.74. The number of ether oxygens (including phenoxy) is 5. The molecule has 1 aliphatic rings. The van der Waals surface area contributed by atoms with Crippen molar-refractivity contribution >= 4 is 27.7 Å². The molecule has 0 spiro atoms. The molecule has 0 saturated carbocycles. The molecule has 0 radical (unpaired) electrons. The van der Waals surface area contributed by atoms with E-state index in [-0.39, 0.29) is 18.1 Å². The number of benzene rings is 2. The third-order valence-electron chi connectivity index (χ3n) is 3.78. The van der Waals surface area contributed by atoms with E-state index in [1.54, 1.807) is 24.3 Å². The highest BCUT2D eigenvalue weighted by atomic mass is 79.9. The second-order valence-electron chi connectivity index (χ2n) is 5.49. The van der Waals surface area contributed by atoms with Gasteiger partial charge in [0.2, 0.25) is 6.79 Å². The number of Topliss-reactive ketones (excluding diaryl/α,β-unsaturated/α-hetero) is 1. The molecule has 1 heterocycles. The van der Waals surface area contributed by atoms with E-state index in [1.165, 1.54) is 13.2 Å². The van der Waals surface area contributed by atoms with Crippen LogP contribution in [0.3, 0.4) is 0 Å². The van der Waals surface area contributed by atoms with Crippen LogP contribution in [0.1, 0.15) is 27.6 Å². The second-order valence-corrected chi connectivity index (χ2v) is 6.34. The molecular formula is C19H17BrO7. The van der Waals surface area contributed by atoms with Crippen LogP contribution < -0.4 is 18.9 Å². The van der Waals surface area contributed by atoms with Gasteiger partial charge < -0.3 is 23.7 Å². The van der Waals surface area contributed by atoms with E-state index < -0.39 is 12.6 Å². The van der Waals surface area contributed by atoms with Crippen LogP contribution >= 0.6 is 15.9 Å². The Labute approximate surface area is 164 Å². The largest absolute Gasteiger partial charge is 0.493 e. The van der Waals surface area contributed by atoms with Crippen molar-refractivity contribution in [2.24, 2.45) is 0 Å². The summed E-state index contributed by atoms with van der Waals surface area (Å²) in [6.45, 7) is 2.01. The first-order valence-corrected chi connectivity index (χ1v) is 8.93. The van der Waals surface area contributed by atoms with Crippen molar-refractivity contribution in [2.45, 2.75) is 6.92 Å². The summed E-state index contributed by atoms with van der Waals surface area (Å²) in [5.74, 6) is 0.959. The van der Waals surface area contributed by atoms with E-state index >= 15 is 0 Å². The lowest BCUT2D eigenvalue weighted by Gasteiger charge is -2.13. The number of carbonyl (C=O) groups excluding carboxylic acids is 2. The normalized spacial score (nSPS) is 11.8. The molecule has 0 unspecified atom stereocenters. The van der Waals surface area contributed by atoms with E-state index in [0.717, 1.165) is 0 Å². The molecule has 142 valence electrons. The fourth-order valence-electron chi connectivity index (χ4n) is 2.49. The number of carbonyl (C=O) groups is 2. The van der Waals surface area contributed by atoms with Gasteiger partial charge in [-0.15, -0.1) is 0 Å². The van der Waals surface area contributed by atoms with Crippen LogP contribution in [-0.4, -0.2) is 38.9 Å². The Bertz CT molecular complexity index is 879. The van der Waals surface area contributed by atoms with Crippen LogP contribution in [0.5, 0.6) is 23.0 Å². The summed E-state index contributed by atoms with van der Waals surface area (Å²) in [5, 5.41) is 0. The number of rotatable bonds is 7. The molecule has 0 aliphatic carbocycles. The van der Waals surface area contributed by atoms with E-state index in [0.29, 0.717) is 39.6 Å². The molecule has 0 saturated heterocycles. The van der Waals surface area contributed by atoms with Gasteiger partial charge >= 0.3 is 5.97 Å². The third kappa shape index (κ3) is 4.16. The van der Waals surface area contributed by atoms with Gasteiger partial charge in [0.05, 0.1) is 23.8 Å². The van der Waals surface area contributed by atoms with Crippen molar-refractivity contribution in [3.8, 4) is 23.0 Å². The third-order valence-corrected chi connectivity index (χ3v) is 4.37. The second kappa shape index (κ2) is 8.30. The summed E-state index contributed by atoms with van der Waals surface area (Å²) in [5.41, 5.74) is 0.609. The number of halogens is 1. The number of fused-ring (bicyclic) bond motifs is 1. The van der Waals surface area contributed by atoms with Crippen molar-refractivity contribution in [1.29, 1.82) is 0 Å². The van der Waals surface area contributed by atoms with Crippen LogP contribution in [0.4, 0.5) is 0 Å². The van der Waals surface area contributed by atoms with Gasteiger partial charge in [0.25, 0.3) is 0 Å². The summed E-state index contributed by atoms with van der Waals surface area (Å²) in [6.07, 6.45) is 0. The zero-order chi connectivity index (χ0) is 19.4. The maximum Gasteiger partial charge on any atom is 0.338 e. The summed E-state index contributed by atoms with van der Waals surface area (Å²) >= 11 is 3.35. The molecule has 0 fully saturated rings. The summed E-state index contributed by atoms with van der Waals surface area (Å²) in [4.78, 5) is 24.6. The minimum atomic E-state index is -0.647. The van der Waals surface area contributed by atoms with Gasteiger partial charge in [-0.3, -0.25) is 4.79 Å². The molecule has 0 aromatic heterocycles. The molecule has 2 aromatic carbocycles. The Morgan fingerprint density at radius 1 is 1.11 bits per heavy atom. The van der Waals surface area contributed by atoms with Crippen LogP contribution in [-0.2, 0) is 4.74 Å². The lowest BCUT2D eigenvalue weighted by Crippen LogP contribution is -2.14. The predicted octanol–water partition coefficient (Wildman–Crippen LogP) is 3.62. The van der Waals surface area contributed by atoms with Crippen molar-refractivity contribution in [3.63, 3.8) is 0 Å². The van der Waals surface area contributed by atoms with Gasteiger partial charge in [0.1, 0.15) is 0 Å². The molecule has 3 rings (SSSR count). The van der Waals surface area contributed by atoms with Crippen molar-refractivity contribution in [1.82, 2.24) is 0 Å². The fourth-order valence-corrected chi connectivity index (χ4v) is 3.05. The number of hydrogen-bond donors (Lipinski definition) is 0. The van der Waals surface area contributed by atoms with Gasteiger partial charge in [-0.05, 0) is 53.2 Å². The van der Waals surface area contributed by atoms with Gasteiger partial charge in [0, 0.05) is 5.56 Å². The number of methoxy groups -OCH3 is 1. The van der Waals surface area contributed by atoms with Crippen molar-refractivity contribution in [2.75, 3.05) is 27.1 Å². The Morgan fingerprint density at radius 3 is 2.63 bits per heavy atom. The van der Waals surface area contributed by atoms with E-state index in [9.17, 15) is 9.59 Å². The maximum absolute atomic E-state index is 12.3. The van der Waals surface area contributed by atoms with E-state index in [2.05, 4.69) is 15.9 Å². The highest BCUT2D eigenvalue weighted by Crippen LogP contribution is 2.37. The molecule has 27 heavy (non-hydrogen) atoms. The van der Waals surface area contributed by atoms with Crippen molar-refractivity contribution < 1.29 is 33.3 Å². The van der Waals surface area contributed by atoms with Crippen LogP contribution in [0.2, 0.25) is 0 Å². The molecule has 2 aromatic rings. The van der Waals surface area contributed by atoms with E-state index in [4.69, 9.17) is 23.7 Å². The number of esters is 1. The van der Waals surface area contributed by atoms with Gasteiger partial charge in [-0.1, -0.05) is 0 Å². The number of hydrogen-bond acceptors (Lipinski definition) is 7. The monoisotopic (exact) mass is 436 g/mol. The summed E-state index contributed by atoms with van der Waals surface area (Å²) < 4.78 is 26.9. The number of ketones is 1. The quantitative estimate of drug-likeness (QED) is 0.484. The highest BCUT2D eigenvalue weighted by Gasteiger charge is 2.19.